The van der Waals surface area contributed by atoms with Crippen molar-refractivity contribution in [2.75, 3.05) is 6.67 Å². The molecule has 0 aliphatic rings. The van der Waals surface area contributed by atoms with Crippen molar-refractivity contribution >= 4 is 0 Å². The third-order valence-electron chi connectivity index (χ3n) is 0.707. The minimum absolute atomic E-state index is 0.250. The zero-order valence-electron chi connectivity index (χ0n) is 6.21. The van der Waals surface area contributed by atoms with Crippen molar-refractivity contribution in [2.24, 2.45) is 0 Å². The third-order valence-corrected chi connectivity index (χ3v) is 0.707. The van der Waals surface area contributed by atoms with Gasteiger partial charge in [-0.15, -0.1) is 0 Å². The van der Waals surface area contributed by atoms with E-state index in [0.29, 0.717) is 0 Å². The molecule has 0 heterocycles. The van der Waals surface area contributed by atoms with Crippen LogP contribution in [0.3, 0.4) is 0 Å². The van der Waals surface area contributed by atoms with E-state index in [0.717, 1.165) is 0 Å². The highest BCUT2D eigenvalue weighted by atomic mass is 19.1. The van der Waals surface area contributed by atoms with E-state index in [4.69, 9.17) is 0 Å². The molecule has 0 aromatic carbocycles. The molecule has 0 radical (unpaired) electrons. The average molecular weight is 120 g/mol. The van der Waals surface area contributed by atoms with E-state index in [1.54, 1.807) is 0 Å². The van der Waals surface area contributed by atoms with Gasteiger partial charge in [0.1, 0.15) is 0 Å². The van der Waals surface area contributed by atoms with Crippen molar-refractivity contribution in [3.8, 4) is 0 Å². The molecule has 0 aromatic heterocycles. The summed E-state index contributed by atoms with van der Waals surface area (Å²) in [5.74, 6) is 0. The Hall–Kier alpha value is -0.0700. The molecular weight excluding hydrogens is 103 g/mol. The van der Waals surface area contributed by atoms with E-state index < -0.39 is 0 Å². The van der Waals surface area contributed by atoms with Crippen LogP contribution in [0, 0.1) is 0 Å². The molecule has 0 amide bonds. The summed E-state index contributed by atoms with van der Waals surface area (Å²) in [6.07, 6.45) is 4.08. The van der Waals surface area contributed by atoms with E-state index in [-0.39, 0.29) is 6.67 Å². The lowest BCUT2D eigenvalue weighted by atomic mass is 10.3. The minimum atomic E-state index is -0.250. The standard InChI is InChI=1S/C5H12.C2H5F/c1-3-5-4-2;1-2-3/h3-5H2,1-2H3;2H2,1H3. The lowest BCUT2D eigenvalue weighted by molar-refractivity contribution is 0.527. The Labute approximate surface area is 52.1 Å². The summed E-state index contributed by atoms with van der Waals surface area (Å²) in [7, 11) is 0. The number of alkyl halides is 1. The largest absolute Gasteiger partial charge is 0.251 e. The van der Waals surface area contributed by atoms with Gasteiger partial charge in [-0.2, -0.15) is 0 Å². The molecule has 8 heavy (non-hydrogen) atoms. The molecule has 0 N–H and O–H groups in total. The summed E-state index contributed by atoms with van der Waals surface area (Å²) < 4.78 is 10.3. The average Bonchev–Trinajstić information content (AvgIpc) is 1.71. The second kappa shape index (κ2) is 15.8. The fourth-order valence-corrected chi connectivity index (χ4v) is 0.354. The minimum Gasteiger partial charge on any atom is -0.251 e. The highest BCUT2D eigenvalue weighted by molar-refractivity contribution is 4.24. The fraction of sp³-hybridized carbons (Fsp3) is 1.00. The van der Waals surface area contributed by atoms with Crippen molar-refractivity contribution in [3.63, 3.8) is 0 Å². The molecule has 0 atom stereocenters. The zero-order chi connectivity index (χ0) is 6.83. The summed E-state index contributed by atoms with van der Waals surface area (Å²) in [5.41, 5.74) is 0. The van der Waals surface area contributed by atoms with Gasteiger partial charge >= 0.3 is 0 Å². The van der Waals surface area contributed by atoms with E-state index in [1.807, 2.05) is 0 Å². The normalized spacial score (nSPS) is 7.50. The van der Waals surface area contributed by atoms with Crippen LogP contribution >= 0.6 is 0 Å². The third kappa shape index (κ3) is 38.7. The van der Waals surface area contributed by atoms with Crippen LogP contribution in [-0.4, -0.2) is 6.67 Å². The first-order valence-electron chi connectivity index (χ1n) is 3.39. The Morgan fingerprint density at radius 3 is 1.25 bits per heavy atom. The molecule has 0 bridgehead atoms. The van der Waals surface area contributed by atoms with Gasteiger partial charge < -0.3 is 0 Å². The molecule has 0 rings (SSSR count). The Bertz CT molecular complexity index is 18.3. The van der Waals surface area contributed by atoms with E-state index in [1.165, 1.54) is 26.2 Å². The quantitative estimate of drug-likeness (QED) is 0.525. The maximum absolute atomic E-state index is 10.3. The summed E-state index contributed by atoms with van der Waals surface area (Å²) in [5, 5.41) is 0. The van der Waals surface area contributed by atoms with Gasteiger partial charge in [-0.25, -0.2) is 0 Å². The van der Waals surface area contributed by atoms with Crippen molar-refractivity contribution in [3.05, 3.63) is 0 Å². The van der Waals surface area contributed by atoms with Crippen LogP contribution in [0.5, 0.6) is 0 Å². The van der Waals surface area contributed by atoms with Crippen molar-refractivity contribution < 1.29 is 4.39 Å². The van der Waals surface area contributed by atoms with Gasteiger partial charge in [0.2, 0.25) is 0 Å². The predicted octanol–water partition coefficient (Wildman–Crippen LogP) is 3.17. The van der Waals surface area contributed by atoms with E-state index in [2.05, 4.69) is 13.8 Å². The van der Waals surface area contributed by atoms with Crippen LogP contribution in [-0.2, 0) is 0 Å². The molecule has 52 valence electrons. The predicted molar refractivity (Wildman–Crippen MR) is 36.8 cm³/mol. The summed E-state index contributed by atoms with van der Waals surface area (Å²) in [6.45, 7) is 5.63. The van der Waals surface area contributed by atoms with Gasteiger partial charge in [-0.3, -0.25) is 4.39 Å². The van der Waals surface area contributed by atoms with Crippen LogP contribution in [0.1, 0.15) is 40.0 Å². The van der Waals surface area contributed by atoms with Crippen LogP contribution in [0.25, 0.3) is 0 Å². The molecule has 1 heteroatoms. The van der Waals surface area contributed by atoms with Crippen molar-refractivity contribution in [2.45, 2.75) is 40.0 Å². The number of hydrogen-bond donors (Lipinski definition) is 0. The first-order chi connectivity index (χ1) is 3.83. The molecule has 0 fully saturated rings. The highest BCUT2D eigenvalue weighted by Crippen LogP contribution is 1.88. The fourth-order valence-electron chi connectivity index (χ4n) is 0.354. The molecule has 0 aromatic rings. The molecular formula is C7H17F. The highest BCUT2D eigenvalue weighted by Gasteiger charge is 1.68. The lowest BCUT2D eigenvalue weighted by Crippen LogP contribution is -1.59. The number of rotatable bonds is 2. The van der Waals surface area contributed by atoms with Gasteiger partial charge in [0.15, 0.2) is 0 Å². The molecule has 0 aliphatic carbocycles. The summed E-state index contributed by atoms with van der Waals surface area (Å²) in [4.78, 5) is 0. The summed E-state index contributed by atoms with van der Waals surface area (Å²) in [6, 6.07) is 0. The maximum Gasteiger partial charge on any atom is 0.0866 e. The number of unbranched alkanes of at least 4 members (excludes halogenated alkanes) is 2. The van der Waals surface area contributed by atoms with Gasteiger partial charge in [-0.05, 0) is 6.92 Å². The first kappa shape index (κ1) is 10.8. The molecule has 0 saturated heterocycles. The Morgan fingerprint density at radius 2 is 1.25 bits per heavy atom. The van der Waals surface area contributed by atoms with Crippen LogP contribution in [0.2, 0.25) is 0 Å². The van der Waals surface area contributed by atoms with Gasteiger partial charge in [0.25, 0.3) is 0 Å². The SMILES string of the molecule is CCCCC.CCF. The monoisotopic (exact) mass is 120 g/mol. The van der Waals surface area contributed by atoms with Gasteiger partial charge in [0, 0.05) is 0 Å². The summed E-state index contributed by atoms with van der Waals surface area (Å²) >= 11 is 0. The first-order valence-corrected chi connectivity index (χ1v) is 3.39. The Kier molecular flexibility index (Phi) is 21.4. The molecule has 0 saturated carbocycles. The van der Waals surface area contributed by atoms with Crippen molar-refractivity contribution in [1.29, 1.82) is 0 Å². The molecule has 0 aliphatic heterocycles. The second-order valence-corrected chi connectivity index (χ2v) is 1.62. The Balaban J connectivity index is 0. The lowest BCUT2D eigenvalue weighted by Gasteiger charge is -1.79. The van der Waals surface area contributed by atoms with Crippen molar-refractivity contribution in [1.82, 2.24) is 0 Å². The zero-order valence-corrected chi connectivity index (χ0v) is 6.21. The van der Waals surface area contributed by atoms with Gasteiger partial charge in [0.05, 0.1) is 6.67 Å². The van der Waals surface area contributed by atoms with E-state index in [9.17, 15) is 4.39 Å². The van der Waals surface area contributed by atoms with Crippen LogP contribution in [0.15, 0.2) is 0 Å². The van der Waals surface area contributed by atoms with Gasteiger partial charge in [-0.1, -0.05) is 33.1 Å². The number of hydrogen-bond acceptors (Lipinski definition) is 0. The molecule has 0 nitrogen and oxygen atoms in total. The smallest absolute Gasteiger partial charge is 0.0866 e. The topological polar surface area (TPSA) is 0 Å². The van der Waals surface area contributed by atoms with Crippen LogP contribution < -0.4 is 0 Å². The van der Waals surface area contributed by atoms with E-state index >= 15 is 0 Å². The second-order valence-electron chi connectivity index (χ2n) is 1.62. The number of halogens is 1. The maximum atomic E-state index is 10.3. The molecule has 0 unspecified atom stereocenters. The Morgan fingerprint density at radius 1 is 1.00 bits per heavy atom. The van der Waals surface area contributed by atoms with Crippen LogP contribution in [0.4, 0.5) is 4.39 Å². The molecule has 0 spiro atoms.